The molecule has 1 rings (SSSR count). The quantitative estimate of drug-likeness (QED) is 0.455. The maximum Gasteiger partial charge on any atom is 0.350 e. The third-order valence-corrected chi connectivity index (χ3v) is 2.71. The number of nitrogen functional groups attached to an aromatic ring is 1. The molecule has 0 aliphatic heterocycles. The fourth-order valence-corrected chi connectivity index (χ4v) is 1.78. The van der Waals surface area contributed by atoms with Crippen LogP contribution in [0.4, 0.5) is 5.82 Å². The van der Waals surface area contributed by atoms with E-state index in [0.717, 1.165) is 0 Å². The Kier molecular flexibility index (Phi) is 5.64. The van der Waals surface area contributed by atoms with Gasteiger partial charge < -0.3 is 25.4 Å². The summed E-state index contributed by atoms with van der Waals surface area (Å²) in [6.45, 7) is -0.213. The van der Waals surface area contributed by atoms with E-state index >= 15 is 0 Å². The lowest BCUT2D eigenvalue weighted by atomic mass is 10.2. The monoisotopic (exact) mass is 293 g/mol. The summed E-state index contributed by atoms with van der Waals surface area (Å²) in [4.78, 5) is 32.4. The molecule has 0 amide bonds. The summed E-state index contributed by atoms with van der Waals surface area (Å²) in [5, 5.41) is 8.86. The number of hydrogen-bond acceptors (Lipinski definition) is 6. The van der Waals surface area contributed by atoms with Crippen LogP contribution in [0.5, 0.6) is 0 Å². The van der Waals surface area contributed by atoms with Crippen LogP contribution in [0.3, 0.4) is 0 Å². The molecule has 5 N–H and O–H groups in total. The van der Waals surface area contributed by atoms with Crippen LogP contribution < -0.4 is 11.4 Å². The molecule has 0 fully saturated rings. The standard InChI is InChI=1S/C9H16N3O6P/c10-8-1-3-12(9(14)11-8)5-7(2-4-13)18-6-19(15,16)17/h1,3,7,13H,2,4-6H2,(H2,10,11,14)(H2,15,16,17)/t7-/m0/s1. The second-order valence-corrected chi connectivity index (χ2v) is 5.47. The number of rotatable bonds is 7. The molecule has 1 heterocycles. The molecule has 1 aromatic heterocycles. The Morgan fingerprint density at radius 2 is 2.21 bits per heavy atom. The zero-order chi connectivity index (χ0) is 14.5. The van der Waals surface area contributed by atoms with E-state index in [1.165, 1.54) is 16.8 Å². The van der Waals surface area contributed by atoms with E-state index in [2.05, 4.69) is 4.98 Å². The molecule has 9 nitrogen and oxygen atoms in total. The van der Waals surface area contributed by atoms with Gasteiger partial charge in [0.2, 0.25) is 0 Å². The Morgan fingerprint density at radius 3 is 2.74 bits per heavy atom. The van der Waals surface area contributed by atoms with Crippen molar-refractivity contribution in [2.24, 2.45) is 0 Å². The summed E-state index contributed by atoms with van der Waals surface area (Å²) in [6, 6.07) is 1.42. The van der Waals surface area contributed by atoms with Crippen LogP contribution in [-0.2, 0) is 15.8 Å². The van der Waals surface area contributed by atoms with Gasteiger partial charge in [-0.15, -0.1) is 0 Å². The number of anilines is 1. The molecule has 0 aliphatic carbocycles. The normalized spacial score (nSPS) is 13.4. The smallest absolute Gasteiger partial charge is 0.350 e. The van der Waals surface area contributed by atoms with Gasteiger partial charge in [0.25, 0.3) is 0 Å². The van der Waals surface area contributed by atoms with Crippen molar-refractivity contribution in [3.8, 4) is 0 Å². The summed E-state index contributed by atoms with van der Waals surface area (Å²) in [7, 11) is -4.29. The summed E-state index contributed by atoms with van der Waals surface area (Å²) in [5.74, 6) is 0.0797. The van der Waals surface area contributed by atoms with E-state index < -0.39 is 25.7 Å². The summed E-state index contributed by atoms with van der Waals surface area (Å²) in [6.07, 6.45) is 0.0578. The lowest BCUT2D eigenvalue weighted by Crippen LogP contribution is -2.30. The van der Waals surface area contributed by atoms with Crippen molar-refractivity contribution in [2.75, 3.05) is 18.7 Å². The van der Waals surface area contributed by atoms with Gasteiger partial charge in [-0.1, -0.05) is 0 Å². The van der Waals surface area contributed by atoms with E-state index in [1.807, 2.05) is 0 Å². The van der Waals surface area contributed by atoms with Gasteiger partial charge >= 0.3 is 13.3 Å². The van der Waals surface area contributed by atoms with Crippen LogP contribution in [0.2, 0.25) is 0 Å². The third kappa shape index (κ3) is 5.95. The largest absolute Gasteiger partial charge is 0.396 e. The zero-order valence-corrected chi connectivity index (χ0v) is 10.9. The number of nitrogens with zero attached hydrogens (tertiary/aromatic N) is 2. The number of aliphatic hydroxyl groups is 1. The molecule has 0 saturated heterocycles. The van der Waals surface area contributed by atoms with Gasteiger partial charge in [0.05, 0.1) is 12.6 Å². The van der Waals surface area contributed by atoms with E-state index in [4.69, 9.17) is 25.4 Å². The summed E-state index contributed by atoms with van der Waals surface area (Å²) in [5.41, 5.74) is 4.74. The van der Waals surface area contributed by atoms with Crippen molar-refractivity contribution in [3.63, 3.8) is 0 Å². The number of hydrogen-bond donors (Lipinski definition) is 4. The third-order valence-electron chi connectivity index (χ3n) is 2.23. The first kappa shape index (κ1) is 15.8. The highest BCUT2D eigenvalue weighted by Gasteiger charge is 2.18. The van der Waals surface area contributed by atoms with Crippen LogP contribution in [0.15, 0.2) is 17.1 Å². The first-order chi connectivity index (χ1) is 8.81. The van der Waals surface area contributed by atoms with Crippen LogP contribution >= 0.6 is 7.60 Å². The first-order valence-electron chi connectivity index (χ1n) is 5.42. The Morgan fingerprint density at radius 1 is 1.53 bits per heavy atom. The topological polar surface area (TPSA) is 148 Å². The fourth-order valence-electron chi connectivity index (χ4n) is 1.37. The summed E-state index contributed by atoms with van der Waals surface area (Å²) < 4.78 is 16.9. The molecule has 108 valence electrons. The van der Waals surface area contributed by atoms with E-state index in [9.17, 15) is 9.36 Å². The van der Waals surface area contributed by atoms with Crippen molar-refractivity contribution >= 4 is 13.4 Å². The Labute approximate surface area is 108 Å². The van der Waals surface area contributed by atoms with E-state index in [0.29, 0.717) is 0 Å². The molecule has 0 radical (unpaired) electrons. The molecule has 0 aliphatic rings. The van der Waals surface area contributed by atoms with Crippen LogP contribution in [0.1, 0.15) is 6.42 Å². The number of ether oxygens (including phenoxy) is 1. The summed E-state index contributed by atoms with van der Waals surface area (Å²) >= 11 is 0. The maximum absolute atomic E-state index is 11.5. The average molecular weight is 293 g/mol. The highest BCUT2D eigenvalue weighted by molar-refractivity contribution is 7.51. The van der Waals surface area contributed by atoms with Crippen LogP contribution in [0.25, 0.3) is 0 Å². The van der Waals surface area contributed by atoms with Crippen molar-refractivity contribution in [2.45, 2.75) is 19.1 Å². The lowest BCUT2D eigenvalue weighted by Gasteiger charge is -2.18. The molecule has 0 aromatic carbocycles. The molecule has 10 heteroatoms. The van der Waals surface area contributed by atoms with Crippen molar-refractivity contribution < 1.29 is 24.2 Å². The van der Waals surface area contributed by atoms with Crippen molar-refractivity contribution in [1.29, 1.82) is 0 Å². The molecular weight excluding hydrogens is 277 g/mol. The van der Waals surface area contributed by atoms with Crippen molar-refractivity contribution in [1.82, 2.24) is 9.55 Å². The average Bonchev–Trinajstić information content (AvgIpc) is 2.28. The molecule has 0 spiro atoms. The van der Waals surface area contributed by atoms with Gasteiger partial charge in [0.1, 0.15) is 12.2 Å². The Hall–Kier alpha value is -1.25. The Bertz CT molecular complexity index is 513. The second kappa shape index (κ2) is 6.78. The first-order valence-corrected chi connectivity index (χ1v) is 7.21. The van der Waals surface area contributed by atoms with Gasteiger partial charge in [-0.25, -0.2) is 4.79 Å². The minimum atomic E-state index is -4.29. The molecule has 1 atom stereocenters. The molecule has 1 aromatic rings. The van der Waals surface area contributed by atoms with Gasteiger partial charge in [-0.05, 0) is 12.5 Å². The number of aromatic nitrogens is 2. The van der Waals surface area contributed by atoms with Gasteiger partial charge in [-0.3, -0.25) is 9.13 Å². The molecular formula is C9H16N3O6P. The highest BCUT2D eigenvalue weighted by Crippen LogP contribution is 2.34. The Balaban J connectivity index is 2.72. The fraction of sp³-hybridized carbons (Fsp3) is 0.556. The number of nitrogens with two attached hydrogens (primary N) is 1. The van der Waals surface area contributed by atoms with Gasteiger partial charge in [0, 0.05) is 12.8 Å². The predicted molar refractivity (Wildman–Crippen MR) is 66.4 cm³/mol. The maximum atomic E-state index is 11.5. The minimum absolute atomic E-state index is 0.0205. The molecule has 0 unspecified atom stereocenters. The zero-order valence-electron chi connectivity index (χ0n) is 10.0. The van der Waals surface area contributed by atoms with E-state index in [1.54, 1.807) is 0 Å². The number of aliphatic hydroxyl groups excluding tert-OH is 1. The van der Waals surface area contributed by atoms with Crippen LogP contribution in [-0.4, -0.2) is 43.5 Å². The van der Waals surface area contributed by atoms with Crippen LogP contribution in [0, 0.1) is 0 Å². The highest BCUT2D eigenvalue weighted by atomic mass is 31.2. The molecule has 19 heavy (non-hydrogen) atoms. The van der Waals surface area contributed by atoms with Gasteiger partial charge in [0.15, 0.2) is 0 Å². The second-order valence-electron chi connectivity index (χ2n) is 3.88. The SMILES string of the molecule is Nc1ccn(C[C@H](CCO)OCP(=O)(O)O)c(=O)n1. The lowest BCUT2D eigenvalue weighted by molar-refractivity contribution is 0.0424. The molecule has 0 bridgehead atoms. The predicted octanol–water partition coefficient (Wildman–Crippen LogP) is -1.27. The van der Waals surface area contributed by atoms with E-state index in [-0.39, 0.29) is 25.4 Å². The molecule has 0 saturated carbocycles. The minimum Gasteiger partial charge on any atom is -0.396 e. The van der Waals surface area contributed by atoms with Crippen molar-refractivity contribution in [3.05, 3.63) is 22.7 Å². The van der Waals surface area contributed by atoms with Gasteiger partial charge in [-0.2, -0.15) is 4.98 Å².